The molecule has 2 aromatic carbocycles. The fourth-order valence-corrected chi connectivity index (χ4v) is 2.83. The minimum Gasteiger partial charge on any atom is -0.399 e. The smallest absolute Gasteiger partial charge is 0.129 e. The number of thiazole rings is 1. The van der Waals surface area contributed by atoms with Crippen LogP contribution in [-0.2, 0) is 6.42 Å². The summed E-state index contributed by atoms with van der Waals surface area (Å²) in [4.78, 5) is 4.49. The molecule has 0 spiro atoms. The highest BCUT2D eigenvalue weighted by Gasteiger charge is 2.09. The summed E-state index contributed by atoms with van der Waals surface area (Å²) < 4.78 is 26.5. The second-order valence-electron chi connectivity index (χ2n) is 4.66. The fraction of sp³-hybridized carbons (Fsp3) is 0.0625. The molecule has 0 atom stereocenters. The molecule has 3 rings (SSSR count). The molecule has 0 saturated carbocycles. The van der Waals surface area contributed by atoms with E-state index in [9.17, 15) is 8.78 Å². The summed E-state index contributed by atoms with van der Waals surface area (Å²) in [7, 11) is 0. The number of benzene rings is 2. The molecule has 3 aromatic rings. The Hall–Kier alpha value is -2.27. The molecule has 1 heterocycles. The SMILES string of the molecule is Nc1ccc(-c2csc(Cc3ccc(F)cc3F)n2)cc1. The standard InChI is InChI=1S/C16H12F2N2S/c17-12-4-1-11(14(18)8-12)7-16-20-15(9-21-16)10-2-5-13(19)6-3-10/h1-6,8-9H,7,19H2. The van der Waals surface area contributed by atoms with E-state index in [1.54, 1.807) is 0 Å². The molecule has 0 amide bonds. The van der Waals surface area contributed by atoms with Crippen molar-refractivity contribution in [2.45, 2.75) is 6.42 Å². The molecule has 106 valence electrons. The molecule has 0 saturated heterocycles. The van der Waals surface area contributed by atoms with Gasteiger partial charge in [-0.3, -0.25) is 0 Å². The fourth-order valence-electron chi connectivity index (χ4n) is 2.01. The van der Waals surface area contributed by atoms with Crippen molar-refractivity contribution in [2.75, 3.05) is 5.73 Å². The van der Waals surface area contributed by atoms with Gasteiger partial charge in [0.1, 0.15) is 11.6 Å². The lowest BCUT2D eigenvalue weighted by molar-refractivity contribution is 0.574. The number of nitrogen functional groups attached to an aromatic ring is 1. The van der Waals surface area contributed by atoms with Gasteiger partial charge in [-0.25, -0.2) is 13.8 Å². The van der Waals surface area contributed by atoms with Crippen molar-refractivity contribution in [3.63, 3.8) is 0 Å². The van der Waals surface area contributed by atoms with Crippen LogP contribution in [0.1, 0.15) is 10.6 Å². The summed E-state index contributed by atoms with van der Waals surface area (Å²) in [6.07, 6.45) is 0.353. The van der Waals surface area contributed by atoms with Gasteiger partial charge in [-0.15, -0.1) is 11.3 Å². The van der Waals surface area contributed by atoms with E-state index in [1.807, 2.05) is 29.6 Å². The Morgan fingerprint density at radius 2 is 1.81 bits per heavy atom. The molecule has 21 heavy (non-hydrogen) atoms. The Balaban J connectivity index is 1.83. The Bertz CT molecular complexity index is 766. The zero-order valence-electron chi connectivity index (χ0n) is 11.0. The van der Waals surface area contributed by atoms with Crippen molar-refractivity contribution in [3.8, 4) is 11.3 Å². The van der Waals surface area contributed by atoms with Crippen LogP contribution in [0.5, 0.6) is 0 Å². The van der Waals surface area contributed by atoms with Gasteiger partial charge in [-0.05, 0) is 23.8 Å². The minimum absolute atomic E-state index is 0.353. The predicted octanol–water partition coefficient (Wildman–Crippen LogP) is 4.26. The molecule has 0 unspecified atom stereocenters. The van der Waals surface area contributed by atoms with Gasteiger partial charge in [0, 0.05) is 29.1 Å². The number of anilines is 1. The Labute approximate surface area is 124 Å². The first-order valence-electron chi connectivity index (χ1n) is 6.36. The van der Waals surface area contributed by atoms with E-state index in [0.29, 0.717) is 17.7 Å². The lowest BCUT2D eigenvalue weighted by Gasteiger charge is -2.00. The van der Waals surface area contributed by atoms with Crippen LogP contribution in [0.2, 0.25) is 0 Å². The summed E-state index contributed by atoms with van der Waals surface area (Å²) in [5.74, 6) is -1.11. The Kier molecular flexibility index (Phi) is 3.66. The van der Waals surface area contributed by atoms with Crippen molar-refractivity contribution in [2.24, 2.45) is 0 Å². The maximum atomic E-state index is 13.6. The van der Waals surface area contributed by atoms with Crippen molar-refractivity contribution in [3.05, 3.63) is 70.1 Å². The maximum absolute atomic E-state index is 13.6. The number of aromatic nitrogens is 1. The maximum Gasteiger partial charge on any atom is 0.129 e. The molecule has 1 aromatic heterocycles. The number of halogens is 2. The second-order valence-corrected chi connectivity index (χ2v) is 5.60. The third-order valence-electron chi connectivity index (χ3n) is 3.11. The van der Waals surface area contributed by atoms with Crippen LogP contribution in [0.15, 0.2) is 47.8 Å². The summed E-state index contributed by atoms with van der Waals surface area (Å²) in [5, 5.41) is 2.70. The van der Waals surface area contributed by atoms with E-state index in [0.717, 1.165) is 22.3 Å². The highest BCUT2D eigenvalue weighted by Crippen LogP contribution is 2.25. The Morgan fingerprint density at radius 1 is 1.05 bits per heavy atom. The van der Waals surface area contributed by atoms with Gasteiger partial charge < -0.3 is 5.73 Å². The average Bonchev–Trinajstić information content (AvgIpc) is 2.91. The van der Waals surface area contributed by atoms with E-state index >= 15 is 0 Å². The number of hydrogen-bond acceptors (Lipinski definition) is 3. The van der Waals surface area contributed by atoms with Crippen LogP contribution >= 0.6 is 11.3 Å². The van der Waals surface area contributed by atoms with Gasteiger partial charge in [0.05, 0.1) is 10.7 Å². The largest absolute Gasteiger partial charge is 0.399 e. The number of hydrogen-bond donors (Lipinski definition) is 1. The van der Waals surface area contributed by atoms with Gasteiger partial charge in [0.2, 0.25) is 0 Å². The van der Waals surface area contributed by atoms with Crippen LogP contribution < -0.4 is 5.73 Å². The zero-order valence-corrected chi connectivity index (χ0v) is 11.8. The van der Waals surface area contributed by atoms with Crippen LogP contribution in [0.4, 0.5) is 14.5 Å². The highest BCUT2D eigenvalue weighted by molar-refractivity contribution is 7.10. The molecule has 0 bridgehead atoms. The topological polar surface area (TPSA) is 38.9 Å². The van der Waals surface area contributed by atoms with E-state index in [-0.39, 0.29) is 0 Å². The predicted molar refractivity (Wildman–Crippen MR) is 81.1 cm³/mol. The first-order chi connectivity index (χ1) is 10.1. The minimum atomic E-state index is -0.571. The van der Waals surface area contributed by atoms with E-state index < -0.39 is 11.6 Å². The van der Waals surface area contributed by atoms with Gasteiger partial charge in [0.25, 0.3) is 0 Å². The lowest BCUT2D eigenvalue weighted by Crippen LogP contribution is -1.93. The molecule has 2 nitrogen and oxygen atoms in total. The van der Waals surface area contributed by atoms with Crippen molar-refractivity contribution >= 4 is 17.0 Å². The van der Waals surface area contributed by atoms with Gasteiger partial charge in [-0.1, -0.05) is 18.2 Å². The van der Waals surface area contributed by atoms with Crippen LogP contribution in [0, 0.1) is 11.6 Å². The Morgan fingerprint density at radius 3 is 2.52 bits per heavy atom. The molecular formula is C16H12F2N2S. The van der Waals surface area contributed by atoms with Gasteiger partial charge in [0.15, 0.2) is 0 Å². The monoisotopic (exact) mass is 302 g/mol. The number of nitrogens with zero attached hydrogens (tertiary/aromatic N) is 1. The first-order valence-corrected chi connectivity index (χ1v) is 7.24. The quantitative estimate of drug-likeness (QED) is 0.734. The molecule has 0 aliphatic heterocycles. The molecule has 0 fully saturated rings. The second kappa shape index (κ2) is 5.61. The molecule has 0 radical (unpaired) electrons. The summed E-state index contributed by atoms with van der Waals surface area (Å²) in [6, 6.07) is 11.0. The van der Waals surface area contributed by atoms with Crippen molar-refractivity contribution in [1.29, 1.82) is 0 Å². The third-order valence-corrected chi connectivity index (χ3v) is 3.96. The molecular weight excluding hydrogens is 290 g/mol. The lowest BCUT2D eigenvalue weighted by atomic mass is 10.1. The summed E-state index contributed by atoms with van der Waals surface area (Å²) >= 11 is 1.45. The van der Waals surface area contributed by atoms with Crippen molar-refractivity contribution < 1.29 is 8.78 Å². The molecule has 0 aliphatic rings. The first kappa shape index (κ1) is 13.7. The summed E-state index contributed by atoms with van der Waals surface area (Å²) in [5.41, 5.74) is 8.58. The van der Waals surface area contributed by atoms with Gasteiger partial charge >= 0.3 is 0 Å². The number of rotatable bonds is 3. The highest BCUT2D eigenvalue weighted by atomic mass is 32.1. The van der Waals surface area contributed by atoms with E-state index in [2.05, 4.69) is 4.98 Å². The zero-order chi connectivity index (χ0) is 14.8. The molecule has 2 N–H and O–H groups in total. The van der Waals surface area contributed by atoms with Crippen LogP contribution in [-0.4, -0.2) is 4.98 Å². The molecule has 0 aliphatic carbocycles. The molecule has 5 heteroatoms. The van der Waals surface area contributed by atoms with Crippen LogP contribution in [0.25, 0.3) is 11.3 Å². The van der Waals surface area contributed by atoms with Crippen LogP contribution in [0.3, 0.4) is 0 Å². The van der Waals surface area contributed by atoms with Gasteiger partial charge in [-0.2, -0.15) is 0 Å². The van der Waals surface area contributed by atoms with E-state index in [4.69, 9.17) is 5.73 Å². The van der Waals surface area contributed by atoms with Crippen molar-refractivity contribution in [1.82, 2.24) is 4.98 Å². The summed E-state index contributed by atoms with van der Waals surface area (Å²) in [6.45, 7) is 0. The van der Waals surface area contributed by atoms with E-state index in [1.165, 1.54) is 23.5 Å². The third kappa shape index (κ3) is 3.08. The normalized spacial score (nSPS) is 10.8. The number of nitrogens with two attached hydrogens (primary N) is 1. The average molecular weight is 302 g/mol.